The number of amides is 1. The normalized spacial score (nSPS) is 10.8. The molecule has 1 heterocycles. The van der Waals surface area contributed by atoms with E-state index in [4.69, 9.17) is 5.10 Å². The molecule has 0 aliphatic rings. The Kier molecular flexibility index (Phi) is 5.94. The van der Waals surface area contributed by atoms with Gasteiger partial charge in [0, 0.05) is 19.2 Å². The van der Waals surface area contributed by atoms with Gasteiger partial charge in [-0.3, -0.25) is 4.79 Å². The number of carbonyl (C=O) groups is 1. The number of para-hydroxylation sites is 1. The van der Waals surface area contributed by atoms with E-state index in [-0.39, 0.29) is 11.7 Å². The molecule has 0 spiro atoms. The number of hydrogen-bond acceptors (Lipinski definition) is 2. The third kappa shape index (κ3) is 4.26. The summed E-state index contributed by atoms with van der Waals surface area (Å²) in [4.78, 5) is 15.3. The van der Waals surface area contributed by atoms with Crippen LogP contribution in [-0.2, 0) is 13.0 Å². The second kappa shape index (κ2) is 8.96. The maximum Gasteiger partial charge on any atom is 0.258 e. The largest absolute Gasteiger partial charge is 0.337 e. The molecule has 0 aliphatic heterocycles. The van der Waals surface area contributed by atoms with Gasteiger partial charge in [0.25, 0.3) is 5.91 Å². The van der Waals surface area contributed by atoms with E-state index in [1.54, 1.807) is 24.1 Å². The molecule has 3 aromatic carbocycles. The fourth-order valence-corrected chi connectivity index (χ4v) is 3.71. The molecule has 0 atom stereocenters. The average molecular weight is 413 g/mol. The summed E-state index contributed by atoms with van der Waals surface area (Å²) in [5.74, 6) is -0.399. The molecule has 1 aromatic heterocycles. The lowest BCUT2D eigenvalue weighted by Crippen LogP contribution is -2.27. The van der Waals surface area contributed by atoms with Crippen LogP contribution in [0.15, 0.2) is 84.9 Å². The van der Waals surface area contributed by atoms with Crippen molar-refractivity contribution in [1.29, 1.82) is 0 Å². The van der Waals surface area contributed by atoms with E-state index in [1.165, 1.54) is 12.1 Å². The van der Waals surface area contributed by atoms with E-state index in [0.717, 1.165) is 22.5 Å². The Bertz CT molecular complexity index is 1170. The molecule has 0 radical (unpaired) electrons. The number of aromatic nitrogens is 2. The second-order valence-corrected chi connectivity index (χ2v) is 7.42. The molecule has 4 nitrogen and oxygen atoms in total. The first kappa shape index (κ1) is 20.5. The fraction of sp³-hybridized carbons (Fsp3) is 0.154. The smallest absolute Gasteiger partial charge is 0.258 e. The summed E-state index contributed by atoms with van der Waals surface area (Å²) >= 11 is 0. The lowest BCUT2D eigenvalue weighted by molar-refractivity contribution is 0.0784. The fourth-order valence-electron chi connectivity index (χ4n) is 3.71. The van der Waals surface area contributed by atoms with Crippen molar-refractivity contribution in [2.75, 3.05) is 7.05 Å². The van der Waals surface area contributed by atoms with Gasteiger partial charge in [-0.15, -0.1) is 0 Å². The van der Waals surface area contributed by atoms with E-state index in [0.29, 0.717) is 24.2 Å². The molecular weight excluding hydrogens is 389 g/mol. The maximum absolute atomic E-state index is 13.6. The molecule has 0 N–H and O–H groups in total. The lowest BCUT2D eigenvalue weighted by atomic mass is 10.0. The Morgan fingerprint density at radius 3 is 2.16 bits per heavy atom. The number of halogens is 1. The standard InChI is InChI=1S/C26H24FN3O/c1-3-23-24(26(31)29(2)18-19-14-16-21(27)17-15-19)25(20-10-6-4-7-11-20)28-30(23)22-12-8-5-9-13-22/h4-17H,3,18H2,1-2H3. The summed E-state index contributed by atoms with van der Waals surface area (Å²) < 4.78 is 15.1. The van der Waals surface area contributed by atoms with Gasteiger partial charge in [0.1, 0.15) is 11.5 Å². The number of nitrogens with zero attached hydrogens (tertiary/aromatic N) is 3. The molecular formula is C26H24FN3O. The lowest BCUT2D eigenvalue weighted by Gasteiger charge is -2.18. The van der Waals surface area contributed by atoms with E-state index >= 15 is 0 Å². The molecule has 4 rings (SSSR count). The van der Waals surface area contributed by atoms with Crippen molar-refractivity contribution in [2.24, 2.45) is 0 Å². The van der Waals surface area contributed by atoms with Crippen LogP contribution < -0.4 is 0 Å². The molecule has 0 aliphatic carbocycles. The van der Waals surface area contributed by atoms with Gasteiger partial charge in [0.05, 0.1) is 16.9 Å². The minimum absolute atomic E-state index is 0.109. The molecule has 31 heavy (non-hydrogen) atoms. The van der Waals surface area contributed by atoms with Crippen LogP contribution in [0.25, 0.3) is 16.9 Å². The van der Waals surface area contributed by atoms with Crippen LogP contribution in [0.4, 0.5) is 4.39 Å². The molecule has 0 fully saturated rings. The highest BCUT2D eigenvalue weighted by molar-refractivity contribution is 6.01. The van der Waals surface area contributed by atoms with Crippen molar-refractivity contribution in [3.63, 3.8) is 0 Å². The van der Waals surface area contributed by atoms with Crippen molar-refractivity contribution < 1.29 is 9.18 Å². The van der Waals surface area contributed by atoms with Crippen LogP contribution in [0, 0.1) is 5.82 Å². The summed E-state index contributed by atoms with van der Waals surface area (Å²) in [5.41, 5.74) is 4.80. The third-order valence-electron chi connectivity index (χ3n) is 5.26. The highest BCUT2D eigenvalue weighted by Gasteiger charge is 2.26. The van der Waals surface area contributed by atoms with Gasteiger partial charge in [0.15, 0.2) is 0 Å². The van der Waals surface area contributed by atoms with Gasteiger partial charge >= 0.3 is 0 Å². The topological polar surface area (TPSA) is 38.1 Å². The zero-order valence-electron chi connectivity index (χ0n) is 17.6. The molecule has 4 aromatic rings. The van der Waals surface area contributed by atoms with Crippen LogP contribution in [0.1, 0.15) is 28.5 Å². The molecule has 0 unspecified atom stereocenters. The predicted octanol–water partition coefficient (Wildman–Crippen LogP) is 5.51. The third-order valence-corrected chi connectivity index (χ3v) is 5.26. The Morgan fingerprint density at radius 2 is 1.55 bits per heavy atom. The molecule has 1 amide bonds. The van der Waals surface area contributed by atoms with Crippen LogP contribution >= 0.6 is 0 Å². The molecule has 0 saturated carbocycles. The van der Waals surface area contributed by atoms with Gasteiger partial charge in [0.2, 0.25) is 0 Å². The van der Waals surface area contributed by atoms with Crippen LogP contribution in [-0.4, -0.2) is 27.6 Å². The van der Waals surface area contributed by atoms with E-state index < -0.39 is 0 Å². The monoisotopic (exact) mass is 413 g/mol. The minimum Gasteiger partial charge on any atom is -0.337 e. The van der Waals surface area contributed by atoms with Crippen molar-refractivity contribution >= 4 is 5.91 Å². The van der Waals surface area contributed by atoms with Crippen molar-refractivity contribution in [1.82, 2.24) is 14.7 Å². The van der Waals surface area contributed by atoms with Crippen molar-refractivity contribution in [3.05, 3.63) is 108 Å². The maximum atomic E-state index is 13.6. The average Bonchev–Trinajstić information content (AvgIpc) is 3.21. The molecule has 0 saturated heterocycles. The predicted molar refractivity (Wildman–Crippen MR) is 121 cm³/mol. The summed E-state index contributed by atoms with van der Waals surface area (Å²) in [5, 5.41) is 4.86. The summed E-state index contributed by atoms with van der Waals surface area (Å²) in [6.45, 7) is 2.41. The zero-order valence-corrected chi connectivity index (χ0v) is 17.6. The van der Waals surface area contributed by atoms with E-state index in [1.807, 2.05) is 72.3 Å². The van der Waals surface area contributed by atoms with E-state index in [9.17, 15) is 9.18 Å². The molecule has 0 bridgehead atoms. The highest BCUT2D eigenvalue weighted by Crippen LogP contribution is 2.29. The first-order chi connectivity index (χ1) is 15.1. The van der Waals surface area contributed by atoms with E-state index in [2.05, 4.69) is 0 Å². The Labute approximate surface area is 181 Å². The number of hydrogen-bond donors (Lipinski definition) is 0. The zero-order chi connectivity index (χ0) is 21.8. The molecule has 5 heteroatoms. The Morgan fingerprint density at radius 1 is 0.935 bits per heavy atom. The van der Waals surface area contributed by atoms with Gasteiger partial charge in [-0.1, -0.05) is 67.6 Å². The second-order valence-electron chi connectivity index (χ2n) is 7.42. The van der Waals surface area contributed by atoms with Crippen LogP contribution in [0.5, 0.6) is 0 Å². The van der Waals surface area contributed by atoms with Gasteiger partial charge in [-0.05, 0) is 36.2 Å². The first-order valence-corrected chi connectivity index (χ1v) is 10.3. The van der Waals surface area contributed by atoms with Gasteiger partial charge < -0.3 is 4.90 Å². The molecule has 156 valence electrons. The number of benzene rings is 3. The minimum atomic E-state index is -0.290. The van der Waals surface area contributed by atoms with Gasteiger partial charge in [-0.25, -0.2) is 9.07 Å². The summed E-state index contributed by atoms with van der Waals surface area (Å²) in [6.07, 6.45) is 0.653. The quantitative estimate of drug-likeness (QED) is 0.418. The number of carbonyl (C=O) groups excluding carboxylic acids is 1. The first-order valence-electron chi connectivity index (χ1n) is 10.3. The van der Waals surface area contributed by atoms with Crippen molar-refractivity contribution in [2.45, 2.75) is 19.9 Å². The Balaban J connectivity index is 1.80. The summed E-state index contributed by atoms with van der Waals surface area (Å²) in [7, 11) is 1.76. The van der Waals surface area contributed by atoms with Crippen LogP contribution in [0.3, 0.4) is 0 Å². The van der Waals surface area contributed by atoms with Crippen molar-refractivity contribution in [3.8, 4) is 16.9 Å². The van der Waals surface area contributed by atoms with Gasteiger partial charge in [-0.2, -0.15) is 5.10 Å². The van der Waals surface area contributed by atoms with Crippen LogP contribution in [0.2, 0.25) is 0 Å². The SMILES string of the molecule is CCc1c(C(=O)N(C)Cc2ccc(F)cc2)c(-c2ccccc2)nn1-c1ccccc1. The Hall–Kier alpha value is -3.73. The summed E-state index contributed by atoms with van der Waals surface area (Å²) in [6, 6.07) is 25.8. The number of rotatable bonds is 6. The highest BCUT2D eigenvalue weighted by atomic mass is 19.1.